The van der Waals surface area contributed by atoms with Gasteiger partial charge in [0.15, 0.2) is 0 Å². The Morgan fingerprint density at radius 2 is 1.68 bits per heavy atom. The molecule has 0 saturated heterocycles. The van der Waals surface area contributed by atoms with Gasteiger partial charge in [-0.2, -0.15) is 0 Å². The molecule has 0 saturated carbocycles. The maximum absolute atomic E-state index is 10.0. The minimum absolute atomic E-state index is 0.128. The van der Waals surface area contributed by atoms with Gasteiger partial charge in [0.25, 0.3) is 0 Å². The van der Waals surface area contributed by atoms with Crippen LogP contribution in [0.5, 0.6) is 0 Å². The van der Waals surface area contributed by atoms with E-state index in [0.717, 1.165) is 0 Å². The average Bonchev–Trinajstić information content (AvgIpc) is 2.24. The van der Waals surface area contributed by atoms with Gasteiger partial charge in [0, 0.05) is 7.11 Å². The number of aliphatic hydroxyl groups is 2. The molecule has 5 nitrogen and oxygen atoms in total. The van der Waals surface area contributed by atoms with E-state index in [1.807, 2.05) is 13.8 Å². The fourth-order valence-corrected chi connectivity index (χ4v) is 1.88. The first-order chi connectivity index (χ1) is 8.60. The number of hydrogen-bond donors (Lipinski definition) is 2. The molecule has 0 rings (SSSR count). The van der Waals surface area contributed by atoms with Crippen molar-refractivity contribution in [2.75, 3.05) is 31.8 Å². The molecule has 3 atom stereocenters. The van der Waals surface area contributed by atoms with Gasteiger partial charge in [-0.3, -0.25) is 0 Å². The maximum Gasteiger partial charge on any atom is 0.147 e. The topological polar surface area (TPSA) is 71.3 Å². The summed E-state index contributed by atoms with van der Waals surface area (Å²) < 4.78 is 5.35. The average molecular weight is 295 g/mol. The molecule has 19 heavy (non-hydrogen) atoms. The monoisotopic (exact) mass is 295 g/mol. The van der Waals surface area contributed by atoms with Gasteiger partial charge in [-0.1, -0.05) is 19.0 Å². The summed E-state index contributed by atoms with van der Waals surface area (Å²) in [4.78, 5) is 5.34. The third-order valence-electron chi connectivity index (χ3n) is 2.49. The standard InChI is InChI=1S/C13H29NO4S/c1-9(2)13(17-4)11(12(16)10(3)15)14-18-8-19(5,6)7/h9-10,12-13,15-16H,8H2,1-7H3/b14-11+/t10-,12+,13+/m1/s1. The van der Waals surface area contributed by atoms with Crippen LogP contribution in [0.15, 0.2) is 5.16 Å². The molecule has 116 valence electrons. The molecule has 0 bridgehead atoms. The van der Waals surface area contributed by atoms with Crippen LogP contribution in [0.4, 0.5) is 0 Å². The Kier molecular flexibility index (Phi) is 7.96. The van der Waals surface area contributed by atoms with Crippen molar-refractivity contribution in [1.29, 1.82) is 0 Å². The van der Waals surface area contributed by atoms with Gasteiger partial charge in [-0.15, -0.1) is 0 Å². The zero-order valence-electron chi connectivity index (χ0n) is 13.1. The van der Waals surface area contributed by atoms with Crippen LogP contribution in [0, 0.1) is 5.92 Å². The van der Waals surface area contributed by atoms with Gasteiger partial charge in [-0.05, 0) is 31.6 Å². The quantitative estimate of drug-likeness (QED) is 0.525. The molecule has 0 radical (unpaired) electrons. The van der Waals surface area contributed by atoms with Crippen molar-refractivity contribution in [2.45, 2.75) is 39.1 Å². The zero-order chi connectivity index (χ0) is 15.2. The number of hydrogen-bond acceptors (Lipinski definition) is 5. The number of oxime groups is 1. The molecule has 0 fully saturated rings. The second kappa shape index (κ2) is 8.09. The summed E-state index contributed by atoms with van der Waals surface area (Å²) >= 11 is 0. The predicted octanol–water partition coefficient (Wildman–Crippen LogP) is 1.42. The first kappa shape index (κ1) is 18.7. The molecule has 0 spiro atoms. The van der Waals surface area contributed by atoms with Gasteiger partial charge in [-0.25, -0.2) is 10.0 Å². The molecule has 0 aliphatic carbocycles. The summed E-state index contributed by atoms with van der Waals surface area (Å²) in [5.41, 5.74) is 0.344. The number of nitrogens with zero attached hydrogens (tertiary/aromatic N) is 1. The smallest absolute Gasteiger partial charge is 0.147 e. The van der Waals surface area contributed by atoms with Crippen molar-refractivity contribution in [3.8, 4) is 0 Å². The highest BCUT2D eigenvalue weighted by atomic mass is 32.3. The molecule has 2 N–H and O–H groups in total. The molecular formula is C13H29NO4S. The van der Waals surface area contributed by atoms with Crippen LogP contribution < -0.4 is 0 Å². The lowest BCUT2D eigenvalue weighted by molar-refractivity contribution is 0.0469. The summed E-state index contributed by atoms with van der Waals surface area (Å²) in [6.45, 7) is 5.45. The van der Waals surface area contributed by atoms with E-state index < -0.39 is 22.2 Å². The third-order valence-corrected chi connectivity index (χ3v) is 3.30. The van der Waals surface area contributed by atoms with Crippen LogP contribution in [0.2, 0.25) is 0 Å². The van der Waals surface area contributed by atoms with E-state index in [9.17, 15) is 10.2 Å². The lowest BCUT2D eigenvalue weighted by atomic mass is 9.96. The molecule has 0 aliphatic heterocycles. The molecule has 0 aliphatic rings. The van der Waals surface area contributed by atoms with Crippen LogP contribution in [0.25, 0.3) is 0 Å². The minimum atomic E-state index is -1.08. The van der Waals surface area contributed by atoms with Crippen molar-refractivity contribution in [3.63, 3.8) is 0 Å². The Labute approximate surface area is 118 Å². The van der Waals surface area contributed by atoms with Crippen LogP contribution in [0.3, 0.4) is 0 Å². The number of methoxy groups -OCH3 is 1. The lowest BCUT2D eigenvalue weighted by Gasteiger charge is -2.27. The SMILES string of the molecule is CO[C@H](/C(=N/OCS(C)(C)C)[C@@H](O)[C@@H](C)O)C(C)C. The Morgan fingerprint density at radius 3 is 2.00 bits per heavy atom. The molecule has 0 aromatic heterocycles. The summed E-state index contributed by atoms with van der Waals surface area (Å²) in [7, 11) is 0.727. The molecular weight excluding hydrogens is 266 g/mol. The van der Waals surface area contributed by atoms with Gasteiger partial charge in [0.05, 0.1) is 6.10 Å². The van der Waals surface area contributed by atoms with E-state index in [0.29, 0.717) is 11.7 Å². The molecule has 0 aromatic carbocycles. The van der Waals surface area contributed by atoms with Crippen molar-refractivity contribution < 1.29 is 19.8 Å². The van der Waals surface area contributed by atoms with E-state index in [-0.39, 0.29) is 12.0 Å². The Hall–Kier alpha value is -0.300. The highest BCUT2D eigenvalue weighted by Crippen LogP contribution is 2.34. The van der Waals surface area contributed by atoms with Gasteiger partial charge < -0.3 is 19.8 Å². The highest BCUT2D eigenvalue weighted by molar-refractivity contribution is 8.32. The van der Waals surface area contributed by atoms with Gasteiger partial charge in [0.1, 0.15) is 23.9 Å². The highest BCUT2D eigenvalue weighted by Gasteiger charge is 2.29. The molecule has 0 aromatic rings. The largest absolute Gasteiger partial charge is 0.390 e. The fraction of sp³-hybridized carbons (Fsp3) is 0.923. The Morgan fingerprint density at radius 1 is 1.16 bits per heavy atom. The number of rotatable bonds is 8. The maximum atomic E-state index is 10.0. The molecule has 0 unspecified atom stereocenters. The second-order valence-corrected chi connectivity index (χ2v) is 10.4. The first-order valence-electron chi connectivity index (χ1n) is 6.34. The minimum Gasteiger partial charge on any atom is -0.390 e. The van der Waals surface area contributed by atoms with Crippen molar-refractivity contribution >= 4 is 15.7 Å². The Bertz CT molecular complexity index is 287. The third kappa shape index (κ3) is 7.15. The van der Waals surface area contributed by atoms with Crippen LogP contribution in [-0.4, -0.2) is 66.1 Å². The van der Waals surface area contributed by atoms with Crippen LogP contribution in [-0.2, 0) is 9.57 Å². The molecule has 0 amide bonds. The Balaban J connectivity index is 5.00. The van der Waals surface area contributed by atoms with E-state index >= 15 is 0 Å². The van der Waals surface area contributed by atoms with E-state index in [1.165, 1.54) is 6.92 Å². The zero-order valence-corrected chi connectivity index (χ0v) is 13.9. The van der Waals surface area contributed by atoms with Crippen molar-refractivity contribution in [3.05, 3.63) is 0 Å². The van der Waals surface area contributed by atoms with E-state index in [4.69, 9.17) is 9.57 Å². The number of ether oxygens (including phenoxy) is 1. The fourth-order valence-electron chi connectivity index (χ4n) is 1.51. The van der Waals surface area contributed by atoms with E-state index in [2.05, 4.69) is 23.9 Å². The second-order valence-electron chi connectivity index (χ2n) is 5.94. The lowest BCUT2D eigenvalue weighted by Crippen LogP contribution is -2.42. The summed E-state index contributed by atoms with van der Waals surface area (Å²) in [5, 5.41) is 23.6. The summed E-state index contributed by atoms with van der Waals surface area (Å²) in [6, 6.07) is 0. The van der Waals surface area contributed by atoms with Crippen molar-refractivity contribution in [2.24, 2.45) is 11.1 Å². The van der Waals surface area contributed by atoms with E-state index in [1.54, 1.807) is 7.11 Å². The van der Waals surface area contributed by atoms with Crippen LogP contribution >= 0.6 is 10.0 Å². The molecule has 0 heterocycles. The normalized spacial score (nSPS) is 19.2. The van der Waals surface area contributed by atoms with Crippen molar-refractivity contribution in [1.82, 2.24) is 0 Å². The predicted molar refractivity (Wildman–Crippen MR) is 82.1 cm³/mol. The molecule has 6 heteroatoms. The van der Waals surface area contributed by atoms with Gasteiger partial charge >= 0.3 is 0 Å². The van der Waals surface area contributed by atoms with Gasteiger partial charge in [0.2, 0.25) is 0 Å². The number of aliphatic hydroxyl groups excluding tert-OH is 2. The first-order valence-corrected chi connectivity index (χ1v) is 9.37. The van der Waals surface area contributed by atoms with Crippen LogP contribution in [0.1, 0.15) is 20.8 Å². The summed E-state index contributed by atoms with van der Waals surface area (Å²) in [5.74, 6) is 0.639. The summed E-state index contributed by atoms with van der Waals surface area (Å²) in [6.07, 6.45) is 3.97.